The number of ether oxygens (including phenoxy) is 1. The Labute approximate surface area is 174 Å². The van der Waals surface area contributed by atoms with E-state index in [9.17, 15) is 14.7 Å². The molecule has 1 aliphatic heterocycles. The Morgan fingerprint density at radius 3 is 2.27 bits per heavy atom. The minimum atomic E-state index is -0.962. The van der Waals surface area contributed by atoms with Crippen LogP contribution in [0.1, 0.15) is 38.5 Å². The molecule has 2 aliphatic rings. The highest BCUT2D eigenvalue weighted by molar-refractivity contribution is 5.88. The third-order valence-corrected chi connectivity index (χ3v) is 6.06. The molecular weight excluding hydrogens is 378 g/mol. The number of carboxylic acid groups (broad SMARTS) is 1. The summed E-state index contributed by atoms with van der Waals surface area (Å²) in [7, 11) is 0. The first-order chi connectivity index (χ1) is 14.6. The van der Waals surface area contributed by atoms with Gasteiger partial charge in [-0.05, 0) is 51.9 Å². The number of aromatic carboxylic acids is 1. The lowest BCUT2D eigenvalue weighted by Crippen LogP contribution is -2.37. The lowest BCUT2D eigenvalue weighted by atomic mass is 9.97. The second-order valence-corrected chi connectivity index (χ2v) is 7.76. The Morgan fingerprint density at radius 2 is 1.60 bits per heavy atom. The van der Waals surface area contributed by atoms with E-state index >= 15 is 0 Å². The predicted octanol–water partition coefficient (Wildman–Crippen LogP) is 4.69. The van der Waals surface area contributed by atoms with Gasteiger partial charge in [-0.15, -0.1) is 0 Å². The molecule has 1 N–H and O–H groups in total. The van der Waals surface area contributed by atoms with Crippen LogP contribution in [0.15, 0.2) is 66.7 Å². The van der Waals surface area contributed by atoms with Crippen LogP contribution in [-0.2, 0) is 17.7 Å². The standard InChI is InChI=1S/C25H21NO4/c27-24(28)17-10-9-16-11-12-26(14-18(16)13-17)25(29)30-15-23-21-7-3-1-5-19(21)20-6-2-4-8-22(20)23/h1-10,13,23H,11-12,14-15H2,(H,27,28). The Kier molecular flexibility index (Phi) is 4.51. The van der Waals surface area contributed by atoms with Crippen LogP contribution in [-0.4, -0.2) is 35.2 Å². The van der Waals surface area contributed by atoms with Crippen molar-refractivity contribution >= 4 is 12.1 Å². The Morgan fingerprint density at radius 1 is 0.933 bits per heavy atom. The van der Waals surface area contributed by atoms with Crippen molar-refractivity contribution < 1.29 is 19.4 Å². The van der Waals surface area contributed by atoms with E-state index in [0.717, 1.165) is 11.1 Å². The van der Waals surface area contributed by atoms with E-state index in [1.165, 1.54) is 22.3 Å². The molecule has 0 bridgehead atoms. The first-order valence-electron chi connectivity index (χ1n) is 10.1. The molecule has 0 saturated heterocycles. The number of hydrogen-bond acceptors (Lipinski definition) is 3. The summed E-state index contributed by atoms with van der Waals surface area (Å²) in [6, 6.07) is 21.6. The number of benzene rings is 3. The van der Waals surface area contributed by atoms with Gasteiger partial charge in [-0.1, -0.05) is 54.6 Å². The summed E-state index contributed by atoms with van der Waals surface area (Å²) in [6.07, 6.45) is 0.336. The maximum Gasteiger partial charge on any atom is 0.410 e. The van der Waals surface area contributed by atoms with Crippen LogP contribution in [0.2, 0.25) is 0 Å². The Hall–Kier alpha value is -3.60. The van der Waals surface area contributed by atoms with Gasteiger partial charge in [0.25, 0.3) is 0 Å². The molecule has 0 atom stereocenters. The number of amides is 1. The second kappa shape index (κ2) is 7.34. The third-order valence-electron chi connectivity index (χ3n) is 6.06. The maximum atomic E-state index is 12.8. The zero-order valence-electron chi connectivity index (χ0n) is 16.4. The number of carboxylic acids is 1. The van der Waals surface area contributed by atoms with E-state index in [2.05, 4.69) is 24.3 Å². The summed E-state index contributed by atoms with van der Waals surface area (Å²) in [5.74, 6) is -0.937. The molecule has 3 aromatic rings. The molecule has 5 heteroatoms. The molecule has 150 valence electrons. The highest BCUT2D eigenvalue weighted by atomic mass is 16.6. The summed E-state index contributed by atoms with van der Waals surface area (Å²) < 4.78 is 5.74. The lowest BCUT2D eigenvalue weighted by molar-refractivity contribution is 0.0696. The van der Waals surface area contributed by atoms with Crippen molar-refractivity contribution in [2.45, 2.75) is 18.9 Å². The Bertz CT molecular complexity index is 1110. The van der Waals surface area contributed by atoms with Gasteiger partial charge in [-0.25, -0.2) is 9.59 Å². The van der Waals surface area contributed by atoms with Gasteiger partial charge in [-0.3, -0.25) is 0 Å². The van der Waals surface area contributed by atoms with E-state index in [1.807, 2.05) is 30.3 Å². The second-order valence-electron chi connectivity index (χ2n) is 7.76. The number of nitrogens with zero attached hydrogens (tertiary/aromatic N) is 1. The van der Waals surface area contributed by atoms with Crippen LogP contribution in [0.5, 0.6) is 0 Å². The average Bonchev–Trinajstić information content (AvgIpc) is 3.10. The summed E-state index contributed by atoms with van der Waals surface area (Å²) in [4.78, 5) is 25.7. The third kappa shape index (κ3) is 3.12. The fourth-order valence-corrected chi connectivity index (χ4v) is 4.53. The smallest absolute Gasteiger partial charge is 0.410 e. The number of rotatable bonds is 3. The molecule has 1 amide bonds. The fourth-order valence-electron chi connectivity index (χ4n) is 4.53. The van der Waals surface area contributed by atoms with Crippen molar-refractivity contribution in [2.75, 3.05) is 13.2 Å². The molecule has 0 unspecified atom stereocenters. The quantitative estimate of drug-likeness (QED) is 0.694. The van der Waals surface area contributed by atoms with E-state index in [-0.39, 0.29) is 24.2 Å². The molecule has 1 heterocycles. The number of fused-ring (bicyclic) bond motifs is 4. The molecule has 5 nitrogen and oxygen atoms in total. The molecule has 0 radical (unpaired) electrons. The van der Waals surface area contributed by atoms with E-state index in [4.69, 9.17) is 4.74 Å². The minimum Gasteiger partial charge on any atom is -0.478 e. The maximum absolute atomic E-state index is 12.8. The normalized spacial score (nSPS) is 14.6. The van der Waals surface area contributed by atoms with Gasteiger partial charge in [0.2, 0.25) is 0 Å². The fraction of sp³-hybridized carbons (Fsp3) is 0.200. The van der Waals surface area contributed by atoms with Gasteiger partial charge in [0.1, 0.15) is 6.61 Å². The SMILES string of the molecule is O=C(O)c1ccc2c(c1)CN(C(=O)OCC1c3ccccc3-c3ccccc31)CC2. The molecule has 0 saturated carbocycles. The largest absolute Gasteiger partial charge is 0.478 e. The summed E-state index contributed by atoms with van der Waals surface area (Å²) in [5.41, 5.74) is 6.95. The molecule has 0 fully saturated rings. The summed E-state index contributed by atoms with van der Waals surface area (Å²) in [6.45, 7) is 1.22. The summed E-state index contributed by atoms with van der Waals surface area (Å²) >= 11 is 0. The first-order valence-corrected chi connectivity index (χ1v) is 10.1. The molecular formula is C25H21NO4. The van der Waals surface area contributed by atoms with Crippen LogP contribution in [0.3, 0.4) is 0 Å². The zero-order chi connectivity index (χ0) is 20.7. The van der Waals surface area contributed by atoms with Gasteiger partial charge >= 0.3 is 12.1 Å². The molecule has 1 aliphatic carbocycles. The van der Waals surface area contributed by atoms with E-state index in [0.29, 0.717) is 19.5 Å². The molecule has 5 rings (SSSR count). The van der Waals surface area contributed by atoms with E-state index < -0.39 is 5.97 Å². The highest BCUT2D eigenvalue weighted by Gasteiger charge is 2.30. The van der Waals surface area contributed by atoms with E-state index in [1.54, 1.807) is 17.0 Å². The van der Waals surface area contributed by atoms with Crippen molar-refractivity contribution in [1.29, 1.82) is 0 Å². The predicted molar refractivity (Wildman–Crippen MR) is 113 cm³/mol. The average molecular weight is 399 g/mol. The Balaban J connectivity index is 1.31. The van der Waals surface area contributed by atoms with Crippen LogP contribution >= 0.6 is 0 Å². The zero-order valence-corrected chi connectivity index (χ0v) is 16.4. The number of carbonyl (C=O) groups is 2. The highest BCUT2D eigenvalue weighted by Crippen LogP contribution is 2.44. The molecule has 3 aromatic carbocycles. The molecule has 0 aromatic heterocycles. The van der Waals surface area contributed by atoms with Crippen LogP contribution in [0.4, 0.5) is 4.79 Å². The van der Waals surface area contributed by atoms with Gasteiger partial charge in [0.05, 0.1) is 5.56 Å². The van der Waals surface area contributed by atoms with Crippen LogP contribution in [0, 0.1) is 0 Å². The van der Waals surface area contributed by atoms with Crippen molar-refractivity contribution in [2.24, 2.45) is 0 Å². The first kappa shape index (κ1) is 18.4. The van der Waals surface area contributed by atoms with Crippen molar-refractivity contribution in [3.63, 3.8) is 0 Å². The van der Waals surface area contributed by atoms with Crippen LogP contribution in [0.25, 0.3) is 11.1 Å². The number of carbonyl (C=O) groups excluding carboxylic acids is 1. The number of hydrogen-bond donors (Lipinski definition) is 1. The molecule has 0 spiro atoms. The van der Waals surface area contributed by atoms with Crippen molar-refractivity contribution in [3.05, 3.63) is 94.5 Å². The summed E-state index contributed by atoms with van der Waals surface area (Å²) in [5, 5.41) is 9.22. The molecule has 30 heavy (non-hydrogen) atoms. The topological polar surface area (TPSA) is 66.8 Å². The monoisotopic (exact) mass is 399 g/mol. The van der Waals surface area contributed by atoms with Crippen LogP contribution < -0.4 is 0 Å². The van der Waals surface area contributed by atoms with Gasteiger partial charge in [0, 0.05) is 19.0 Å². The van der Waals surface area contributed by atoms with Crippen molar-refractivity contribution in [1.82, 2.24) is 4.90 Å². The van der Waals surface area contributed by atoms with Gasteiger partial charge in [0.15, 0.2) is 0 Å². The van der Waals surface area contributed by atoms with Gasteiger partial charge < -0.3 is 14.7 Å². The van der Waals surface area contributed by atoms with Crippen molar-refractivity contribution in [3.8, 4) is 11.1 Å². The minimum absolute atomic E-state index is 0.0250. The lowest BCUT2D eigenvalue weighted by Gasteiger charge is -2.29. The van der Waals surface area contributed by atoms with Gasteiger partial charge in [-0.2, -0.15) is 0 Å².